The zero-order valence-corrected chi connectivity index (χ0v) is 11.9. The number of carbonyl (C=O) groups is 1. The molecule has 1 unspecified atom stereocenters. The van der Waals surface area contributed by atoms with Gasteiger partial charge in [0.2, 0.25) is 0 Å². The number of halogens is 1. The van der Waals surface area contributed by atoms with Crippen LogP contribution in [0.25, 0.3) is 0 Å². The van der Waals surface area contributed by atoms with Crippen molar-refractivity contribution < 1.29 is 9.90 Å². The first-order valence-corrected chi connectivity index (χ1v) is 7.13. The van der Waals surface area contributed by atoms with Crippen LogP contribution in [0, 0.1) is 5.92 Å². The first-order valence-electron chi connectivity index (χ1n) is 6.76. The molecular weight excluding hydrogens is 264 g/mol. The van der Waals surface area contributed by atoms with E-state index in [1.54, 1.807) is 6.07 Å². The number of aromatic carboxylic acids is 1. The maximum Gasteiger partial charge on any atom is 0.335 e. The summed E-state index contributed by atoms with van der Waals surface area (Å²) in [6.45, 7) is 4.06. The molecule has 1 fully saturated rings. The van der Waals surface area contributed by atoms with Crippen LogP contribution in [-0.4, -0.2) is 29.1 Å². The Morgan fingerprint density at radius 2 is 2.26 bits per heavy atom. The second-order valence-electron chi connectivity index (χ2n) is 5.03. The van der Waals surface area contributed by atoms with Crippen molar-refractivity contribution in [3.05, 3.63) is 22.8 Å². The molecule has 0 bridgehead atoms. The maximum atomic E-state index is 11.0. The minimum absolute atomic E-state index is 0.200. The van der Waals surface area contributed by atoms with Gasteiger partial charge >= 0.3 is 5.97 Å². The van der Waals surface area contributed by atoms with E-state index in [1.165, 1.54) is 18.9 Å². The fourth-order valence-electron chi connectivity index (χ4n) is 2.57. The topological polar surface area (TPSA) is 53.4 Å². The molecule has 2 rings (SSSR count). The zero-order valence-electron chi connectivity index (χ0n) is 11.1. The van der Waals surface area contributed by atoms with Gasteiger partial charge in [-0.2, -0.15) is 0 Å². The highest BCUT2D eigenvalue weighted by Gasteiger charge is 2.18. The van der Waals surface area contributed by atoms with E-state index in [9.17, 15) is 4.79 Å². The molecule has 2 heterocycles. The van der Waals surface area contributed by atoms with Crippen molar-refractivity contribution in [2.45, 2.75) is 32.6 Å². The fourth-order valence-corrected chi connectivity index (χ4v) is 2.78. The van der Waals surface area contributed by atoms with E-state index in [-0.39, 0.29) is 10.7 Å². The van der Waals surface area contributed by atoms with Gasteiger partial charge in [0.25, 0.3) is 0 Å². The Morgan fingerprint density at radius 3 is 2.95 bits per heavy atom. The molecule has 5 heteroatoms. The fraction of sp³-hybridized carbons (Fsp3) is 0.571. The summed E-state index contributed by atoms with van der Waals surface area (Å²) >= 11 is 5.91. The summed E-state index contributed by atoms with van der Waals surface area (Å²) in [6.07, 6.45) is 4.69. The molecule has 0 aromatic carbocycles. The lowest BCUT2D eigenvalue weighted by Gasteiger charge is -2.22. The van der Waals surface area contributed by atoms with E-state index in [4.69, 9.17) is 16.7 Å². The van der Waals surface area contributed by atoms with E-state index in [0.717, 1.165) is 31.8 Å². The van der Waals surface area contributed by atoms with Crippen LogP contribution in [0.15, 0.2) is 12.1 Å². The summed E-state index contributed by atoms with van der Waals surface area (Å²) in [5.74, 6) is 0.483. The van der Waals surface area contributed by atoms with Crippen molar-refractivity contribution in [2.75, 3.05) is 18.0 Å². The summed E-state index contributed by atoms with van der Waals surface area (Å²) in [4.78, 5) is 17.5. The highest BCUT2D eigenvalue weighted by atomic mass is 35.5. The first kappa shape index (κ1) is 14.1. The van der Waals surface area contributed by atoms with Gasteiger partial charge in [0.05, 0.1) is 5.56 Å². The van der Waals surface area contributed by atoms with Gasteiger partial charge in [-0.25, -0.2) is 9.78 Å². The van der Waals surface area contributed by atoms with Gasteiger partial charge < -0.3 is 10.0 Å². The molecule has 1 atom stereocenters. The molecule has 4 nitrogen and oxygen atoms in total. The van der Waals surface area contributed by atoms with Gasteiger partial charge in [-0.05, 0) is 37.3 Å². The highest BCUT2D eigenvalue weighted by molar-refractivity contribution is 6.29. The number of rotatable bonds is 3. The van der Waals surface area contributed by atoms with Crippen LogP contribution >= 0.6 is 11.6 Å². The SMILES string of the molecule is CCC1CCCN(c2cc(C(=O)O)cc(Cl)n2)CC1. The second kappa shape index (κ2) is 6.24. The zero-order chi connectivity index (χ0) is 13.8. The van der Waals surface area contributed by atoms with Gasteiger partial charge in [0.1, 0.15) is 11.0 Å². The van der Waals surface area contributed by atoms with Crippen molar-refractivity contribution >= 4 is 23.4 Å². The van der Waals surface area contributed by atoms with Gasteiger partial charge in [0.15, 0.2) is 0 Å². The molecule has 19 heavy (non-hydrogen) atoms. The van der Waals surface area contributed by atoms with Crippen LogP contribution in [0.5, 0.6) is 0 Å². The average molecular weight is 283 g/mol. The Hall–Kier alpha value is -1.29. The Labute approximate surface area is 118 Å². The average Bonchev–Trinajstić information content (AvgIpc) is 2.63. The smallest absolute Gasteiger partial charge is 0.335 e. The van der Waals surface area contributed by atoms with Crippen molar-refractivity contribution in [3.63, 3.8) is 0 Å². The lowest BCUT2D eigenvalue weighted by Crippen LogP contribution is -2.25. The number of hydrogen-bond acceptors (Lipinski definition) is 3. The molecule has 0 saturated carbocycles. The van der Waals surface area contributed by atoms with Crippen LogP contribution < -0.4 is 4.90 Å². The van der Waals surface area contributed by atoms with E-state index < -0.39 is 5.97 Å². The molecular formula is C14H19ClN2O2. The summed E-state index contributed by atoms with van der Waals surface area (Å²) in [7, 11) is 0. The number of carboxylic acids is 1. The lowest BCUT2D eigenvalue weighted by molar-refractivity contribution is 0.0697. The highest BCUT2D eigenvalue weighted by Crippen LogP contribution is 2.25. The standard InChI is InChI=1S/C14H19ClN2O2/c1-2-10-4-3-6-17(7-5-10)13-9-11(14(18)19)8-12(15)16-13/h8-10H,2-7H2,1H3,(H,18,19). The molecule has 1 saturated heterocycles. The molecule has 0 aliphatic carbocycles. The predicted molar refractivity (Wildman–Crippen MR) is 76.1 cm³/mol. The number of aromatic nitrogens is 1. The van der Waals surface area contributed by atoms with E-state index >= 15 is 0 Å². The number of anilines is 1. The minimum atomic E-state index is -0.966. The molecule has 1 aromatic heterocycles. The van der Waals surface area contributed by atoms with E-state index in [2.05, 4.69) is 16.8 Å². The summed E-state index contributed by atoms with van der Waals surface area (Å²) in [5, 5.41) is 9.30. The third kappa shape index (κ3) is 3.60. The van der Waals surface area contributed by atoms with Crippen molar-refractivity contribution in [1.29, 1.82) is 0 Å². The van der Waals surface area contributed by atoms with Crippen molar-refractivity contribution in [1.82, 2.24) is 4.98 Å². The Balaban J connectivity index is 2.19. The molecule has 1 aromatic rings. The molecule has 104 valence electrons. The number of hydrogen-bond donors (Lipinski definition) is 1. The normalized spacial score (nSPS) is 20.1. The summed E-state index contributed by atoms with van der Waals surface area (Å²) in [5.41, 5.74) is 0.200. The maximum absolute atomic E-state index is 11.0. The monoisotopic (exact) mass is 282 g/mol. The van der Waals surface area contributed by atoms with Crippen LogP contribution in [0.4, 0.5) is 5.82 Å². The quantitative estimate of drug-likeness (QED) is 0.863. The predicted octanol–water partition coefficient (Wildman–Crippen LogP) is 3.45. The Morgan fingerprint density at radius 1 is 1.47 bits per heavy atom. The summed E-state index contributed by atoms with van der Waals surface area (Å²) in [6, 6.07) is 3.00. The van der Waals surface area contributed by atoms with Gasteiger partial charge in [-0.15, -0.1) is 0 Å². The third-order valence-electron chi connectivity index (χ3n) is 3.78. The Bertz CT molecular complexity index is 465. The van der Waals surface area contributed by atoms with Gasteiger partial charge in [-0.3, -0.25) is 0 Å². The molecule has 0 radical (unpaired) electrons. The van der Waals surface area contributed by atoms with Gasteiger partial charge in [-0.1, -0.05) is 24.9 Å². The molecule has 0 amide bonds. The van der Waals surface area contributed by atoms with E-state index in [1.807, 2.05) is 0 Å². The number of pyridine rings is 1. The van der Waals surface area contributed by atoms with Crippen LogP contribution in [0.1, 0.15) is 43.0 Å². The van der Waals surface area contributed by atoms with Crippen molar-refractivity contribution in [3.8, 4) is 0 Å². The molecule has 1 aliphatic rings. The first-order chi connectivity index (χ1) is 9.10. The number of nitrogens with zero attached hydrogens (tertiary/aromatic N) is 2. The summed E-state index contributed by atoms with van der Waals surface area (Å²) < 4.78 is 0. The molecule has 1 N–H and O–H groups in total. The molecule has 1 aliphatic heterocycles. The Kier molecular flexibility index (Phi) is 4.64. The number of carboxylic acid groups (broad SMARTS) is 1. The van der Waals surface area contributed by atoms with Crippen LogP contribution in [0.2, 0.25) is 5.15 Å². The van der Waals surface area contributed by atoms with Crippen LogP contribution in [0.3, 0.4) is 0 Å². The van der Waals surface area contributed by atoms with Crippen molar-refractivity contribution in [2.24, 2.45) is 5.92 Å². The van der Waals surface area contributed by atoms with E-state index in [0.29, 0.717) is 5.82 Å². The van der Waals surface area contributed by atoms with Gasteiger partial charge in [0, 0.05) is 13.1 Å². The largest absolute Gasteiger partial charge is 0.478 e. The molecule has 0 spiro atoms. The minimum Gasteiger partial charge on any atom is -0.478 e. The lowest BCUT2D eigenvalue weighted by atomic mass is 9.98. The van der Waals surface area contributed by atoms with Crippen LogP contribution in [-0.2, 0) is 0 Å². The second-order valence-corrected chi connectivity index (χ2v) is 5.42. The third-order valence-corrected chi connectivity index (χ3v) is 3.97.